The van der Waals surface area contributed by atoms with Crippen molar-refractivity contribution < 1.29 is 9.53 Å². The molecule has 0 saturated carbocycles. The zero-order chi connectivity index (χ0) is 28.7. The zero-order valence-corrected chi connectivity index (χ0v) is 23.8. The van der Waals surface area contributed by atoms with Crippen molar-refractivity contribution in [1.82, 2.24) is 0 Å². The molecule has 4 aromatic carbocycles. The molecule has 0 aromatic heterocycles. The average Bonchev–Trinajstić information content (AvgIpc) is 2.97. The molecule has 2 aliphatic rings. The highest BCUT2D eigenvalue weighted by Crippen LogP contribution is 2.48. The first-order chi connectivity index (χ1) is 19.9. The molecule has 0 spiro atoms. The van der Waals surface area contributed by atoms with Gasteiger partial charge in [0.15, 0.2) is 5.78 Å². The number of carbonyl (C=O) groups excluding carboxylic acids is 1. The molecule has 0 amide bonds. The number of Topliss-reactive ketones (excluding diaryl/α,β-unsaturated/α-hetero) is 1. The summed E-state index contributed by atoms with van der Waals surface area (Å²) in [6.07, 6.45) is 1.89. The van der Waals surface area contributed by atoms with Crippen LogP contribution in [0.15, 0.2) is 102 Å². The molecule has 1 aliphatic heterocycles. The van der Waals surface area contributed by atoms with Gasteiger partial charge in [-0.25, -0.2) is 0 Å². The minimum Gasteiger partial charge on any atom is -0.487 e. The van der Waals surface area contributed by atoms with Crippen LogP contribution in [-0.2, 0) is 11.4 Å². The summed E-state index contributed by atoms with van der Waals surface area (Å²) in [6, 6.07) is 28.1. The van der Waals surface area contributed by atoms with Crippen LogP contribution in [0.2, 0.25) is 5.02 Å². The fraction of sp³-hybridized carbons (Fsp3) is 0.200. The smallest absolute Gasteiger partial charge is 0.161 e. The van der Waals surface area contributed by atoms with Gasteiger partial charge in [0.05, 0.1) is 28.3 Å². The Morgan fingerprint density at radius 2 is 1.78 bits per heavy atom. The molecule has 2 N–H and O–H groups in total. The molecule has 6 heteroatoms. The first-order valence-electron chi connectivity index (χ1n) is 13.8. The molecule has 4 aromatic rings. The number of nitrogens with two attached hydrogens (primary N) is 1. The van der Waals surface area contributed by atoms with E-state index in [1.807, 2.05) is 61.2 Å². The van der Waals surface area contributed by atoms with Crippen LogP contribution >= 0.6 is 11.6 Å². The Hall–Kier alpha value is -4.53. The van der Waals surface area contributed by atoms with Crippen LogP contribution in [0.5, 0.6) is 5.75 Å². The van der Waals surface area contributed by atoms with Crippen LogP contribution in [0.3, 0.4) is 0 Å². The van der Waals surface area contributed by atoms with Crippen molar-refractivity contribution in [1.29, 1.82) is 5.26 Å². The highest BCUT2D eigenvalue weighted by molar-refractivity contribution is 6.32. The second-order valence-corrected chi connectivity index (χ2v) is 11.1. The number of fused-ring (bicyclic) bond motifs is 1. The van der Waals surface area contributed by atoms with Crippen molar-refractivity contribution in [2.45, 2.75) is 45.6 Å². The van der Waals surface area contributed by atoms with Crippen LogP contribution in [0.4, 0.5) is 5.69 Å². The molecule has 6 rings (SSSR count). The van der Waals surface area contributed by atoms with Gasteiger partial charge in [0.25, 0.3) is 0 Å². The number of ether oxygens (including phenoxy) is 1. The van der Waals surface area contributed by atoms with Crippen molar-refractivity contribution in [3.63, 3.8) is 0 Å². The third-order valence-corrected chi connectivity index (χ3v) is 8.46. The highest BCUT2D eigenvalue weighted by atomic mass is 35.5. The highest BCUT2D eigenvalue weighted by Gasteiger charge is 2.41. The predicted octanol–water partition coefficient (Wildman–Crippen LogP) is 7.99. The van der Waals surface area contributed by atoms with Gasteiger partial charge in [0.2, 0.25) is 0 Å². The van der Waals surface area contributed by atoms with E-state index in [0.29, 0.717) is 47.2 Å². The second kappa shape index (κ2) is 10.8. The summed E-state index contributed by atoms with van der Waals surface area (Å²) < 4.78 is 6.10. The molecular weight excluding hydrogens is 530 g/mol. The standard InChI is InChI=1S/C35H30ClN3O2/c1-21-17-24(20-41-32-16-6-5-12-28(32)36)22(2)26(18-21)33-27(19-37)35(38)39(30-14-8-15-31(40)34(30)33)29-13-7-10-23-9-3-4-11-25(23)29/h3-7,9-13,16-18,33H,8,14-15,20,38H2,1-2H3. The molecule has 1 atom stereocenters. The van der Waals surface area contributed by atoms with Crippen molar-refractivity contribution >= 4 is 33.8 Å². The largest absolute Gasteiger partial charge is 0.487 e. The van der Waals surface area contributed by atoms with Gasteiger partial charge in [-0.05, 0) is 67.0 Å². The van der Waals surface area contributed by atoms with Crippen LogP contribution in [-0.4, -0.2) is 5.78 Å². The molecule has 1 heterocycles. The summed E-state index contributed by atoms with van der Waals surface area (Å²) in [5, 5.41) is 13.2. The third-order valence-electron chi connectivity index (χ3n) is 8.15. The minimum atomic E-state index is -0.548. The molecule has 204 valence electrons. The lowest BCUT2D eigenvalue weighted by Gasteiger charge is -2.40. The van der Waals surface area contributed by atoms with Crippen LogP contribution < -0.4 is 15.4 Å². The molecule has 0 bridgehead atoms. The van der Waals surface area contributed by atoms with Gasteiger partial charge in [-0.15, -0.1) is 0 Å². The average molecular weight is 560 g/mol. The van der Waals surface area contributed by atoms with E-state index >= 15 is 0 Å². The van der Waals surface area contributed by atoms with E-state index in [1.54, 1.807) is 6.07 Å². The first-order valence-corrected chi connectivity index (χ1v) is 14.2. The quantitative estimate of drug-likeness (QED) is 0.268. The van der Waals surface area contributed by atoms with Crippen LogP contribution in [0.1, 0.15) is 47.4 Å². The molecule has 0 saturated heterocycles. The molecule has 5 nitrogen and oxygen atoms in total. The Labute approximate surface area is 245 Å². The summed E-state index contributed by atoms with van der Waals surface area (Å²) in [5.74, 6) is 0.496. The van der Waals surface area contributed by atoms with E-state index in [4.69, 9.17) is 22.1 Å². The number of rotatable bonds is 5. The Kier molecular flexibility index (Phi) is 7.03. The van der Waals surface area contributed by atoms with E-state index in [0.717, 1.165) is 50.8 Å². The van der Waals surface area contributed by atoms with Gasteiger partial charge in [0, 0.05) is 23.1 Å². The number of aryl methyl sites for hydroxylation is 1. The summed E-state index contributed by atoms with van der Waals surface area (Å²) in [5.41, 5.74) is 13.6. The van der Waals surface area contributed by atoms with Crippen molar-refractivity contribution in [2.24, 2.45) is 5.73 Å². The van der Waals surface area contributed by atoms with Gasteiger partial charge < -0.3 is 10.5 Å². The lowest BCUT2D eigenvalue weighted by Crippen LogP contribution is -2.39. The Morgan fingerprint density at radius 3 is 2.59 bits per heavy atom. The number of hydrogen-bond acceptors (Lipinski definition) is 5. The number of hydrogen-bond donors (Lipinski definition) is 1. The number of ketones is 1. The number of allylic oxidation sites excluding steroid dienone is 3. The van der Waals surface area contributed by atoms with E-state index in [2.05, 4.69) is 36.4 Å². The Balaban J connectivity index is 1.51. The topological polar surface area (TPSA) is 79.3 Å². The maximum absolute atomic E-state index is 13.8. The summed E-state index contributed by atoms with van der Waals surface area (Å²) >= 11 is 6.33. The van der Waals surface area contributed by atoms with Crippen LogP contribution in [0, 0.1) is 25.2 Å². The Bertz CT molecular complexity index is 1810. The monoisotopic (exact) mass is 559 g/mol. The van der Waals surface area contributed by atoms with Gasteiger partial charge in [-0.1, -0.05) is 77.8 Å². The SMILES string of the molecule is Cc1cc(COc2ccccc2Cl)c(C)c(C2C(C#N)=C(N)N(c3cccc4ccccc34)C3=C2C(=O)CCC3)c1. The number of halogens is 1. The lowest BCUT2D eigenvalue weighted by atomic mass is 9.73. The van der Waals surface area contributed by atoms with E-state index in [-0.39, 0.29) is 5.78 Å². The number of nitriles is 1. The van der Waals surface area contributed by atoms with Crippen molar-refractivity contribution in [3.8, 4) is 11.8 Å². The third kappa shape index (κ3) is 4.65. The number of carbonyl (C=O) groups is 1. The maximum atomic E-state index is 13.8. The molecular formula is C35H30ClN3O2. The van der Waals surface area contributed by atoms with E-state index in [9.17, 15) is 10.1 Å². The fourth-order valence-electron chi connectivity index (χ4n) is 6.21. The zero-order valence-electron chi connectivity index (χ0n) is 23.1. The number of benzene rings is 4. The van der Waals surface area contributed by atoms with Crippen molar-refractivity contribution in [2.75, 3.05) is 4.90 Å². The van der Waals surface area contributed by atoms with E-state index < -0.39 is 5.92 Å². The molecule has 0 fully saturated rings. The number of nitrogens with zero attached hydrogens (tertiary/aromatic N) is 2. The summed E-state index contributed by atoms with van der Waals surface area (Å²) in [7, 11) is 0. The Morgan fingerprint density at radius 1 is 1.02 bits per heavy atom. The summed E-state index contributed by atoms with van der Waals surface area (Å²) in [4.78, 5) is 15.7. The second-order valence-electron chi connectivity index (χ2n) is 10.7. The normalized spacial score (nSPS) is 17.1. The van der Waals surface area contributed by atoms with E-state index in [1.165, 1.54) is 0 Å². The van der Waals surface area contributed by atoms with Gasteiger partial charge in [-0.3, -0.25) is 9.69 Å². The molecule has 1 aliphatic carbocycles. The van der Waals surface area contributed by atoms with Gasteiger partial charge >= 0.3 is 0 Å². The first kappa shape index (κ1) is 26.7. The number of para-hydroxylation sites is 1. The van der Waals surface area contributed by atoms with Gasteiger partial charge in [-0.2, -0.15) is 5.26 Å². The van der Waals surface area contributed by atoms with Crippen LogP contribution in [0.25, 0.3) is 10.8 Å². The number of anilines is 1. The maximum Gasteiger partial charge on any atom is 0.161 e. The van der Waals surface area contributed by atoms with Crippen molar-refractivity contribution in [3.05, 3.63) is 129 Å². The molecule has 1 unspecified atom stereocenters. The molecule has 0 radical (unpaired) electrons. The summed E-state index contributed by atoms with van der Waals surface area (Å²) in [6.45, 7) is 4.35. The fourth-order valence-corrected chi connectivity index (χ4v) is 6.40. The molecule has 41 heavy (non-hydrogen) atoms. The predicted molar refractivity (Wildman–Crippen MR) is 164 cm³/mol. The lowest BCUT2D eigenvalue weighted by molar-refractivity contribution is -0.116. The minimum absolute atomic E-state index is 0.0662. The van der Waals surface area contributed by atoms with Gasteiger partial charge in [0.1, 0.15) is 18.2 Å².